The molecule has 2 N–H and O–H groups in total. The van der Waals surface area contributed by atoms with Gasteiger partial charge in [0.05, 0.1) is 17.4 Å². The number of fused-ring (bicyclic) bond motifs is 1. The van der Waals surface area contributed by atoms with Crippen molar-refractivity contribution in [2.75, 3.05) is 0 Å². The number of nitrogens with zero attached hydrogens (tertiary/aromatic N) is 2. The number of aromatic nitrogens is 2. The minimum Gasteiger partial charge on any atom is -0.508 e. The first-order valence-corrected chi connectivity index (χ1v) is 7.38. The van der Waals surface area contributed by atoms with Crippen LogP contribution < -0.4 is 0 Å². The van der Waals surface area contributed by atoms with Gasteiger partial charge >= 0.3 is 0 Å². The SMILES string of the molecule is Oc1ccc(-c2ccc3c(cnn3-c3ccc(F)c(O)c3)c2)cc1. The molecular weight excluding hydrogens is 307 g/mol. The van der Waals surface area contributed by atoms with E-state index in [0.717, 1.165) is 22.0 Å². The summed E-state index contributed by atoms with van der Waals surface area (Å²) in [6, 6.07) is 17.0. The van der Waals surface area contributed by atoms with Gasteiger partial charge in [-0.05, 0) is 47.5 Å². The standard InChI is InChI=1S/C19H13FN2O2/c20-17-7-4-15(10-19(17)24)22-18-8-3-13(9-14(18)11-21-22)12-1-5-16(23)6-2-12/h1-11,23-24H. The minimum atomic E-state index is -0.662. The molecule has 1 aromatic heterocycles. The maximum atomic E-state index is 13.2. The fourth-order valence-corrected chi connectivity index (χ4v) is 2.70. The van der Waals surface area contributed by atoms with Crippen molar-refractivity contribution in [1.29, 1.82) is 0 Å². The summed E-state index contributed by atoms with van der Waals surface area (Å²) in [5.41, 5.74) is 3.43. The number of phenolic OH excluding ortho intramolecular Hbond substituents is 2. The van der Waals surface area contributed by atoms with Gasteiger partial charge in [-0.1, -0.05) is 18.2 Å². The summed E-state index contributed by atoms with van der Waals surface area (Å²) in [5, 5.41) is 24.2. The van der Waals surface area contributed by atoms with E-state index in [9.17, 15) is 14.6 Å². The van der Waals surface area contributed by atoms with E-state index in [1.165, 1.54) is 12.1 Å². The first-order valence-electron chi connectivity index (χ1n) is 7.38. The van der Waals surface area contributed by atoms with Crippen LogP contribution in [0.2, 0.25) is 0 Å². The number of rotatable bonds is 2. The maximum Gasteiger partial charge on any atom is 0.164 e. The van der Waals surface area contributed by atoms with Crippen molar-refractivity contribution in [3.8, 4) is 28.3 Å². The van der Waals surface area contributed by atoms with E-state index in [2.05, 4.69) is 5.10 Å². The third-order valence-electron chi connectivity index (χ3n) is 3.94. The molecule has 0 saturated heterocycles. The van der Waals surface area contributed by atoms with Crippen molar-refractivity contribution < 1.29 is 14.6 Å². The topological polar surface area (TPSA) is 58.3 Å². The van der Waals surface area contributed by atoms with Crippen molar-refractivity contribution in [2.45, 2.75) is 0 Å². The molecule has 1 heterocycles. The molecule has 0 unspecified atom stereocenters. The molecule has 4 aromatic rings. The summed E-state index contributed by atoms with van der Waals surface area (Å²) in [4.78, 5) is 0. The lowest BCUT2D eigenvalue weighted by molar-refractivity contribution is 0.432. The molecule has 0 fully saturated rings. The van der Waals surface area contributed by atoms with Crippen molar-refractivity contribution in [3.05, 3.63) is 72.7 Å². The molecule has 0 saturated carbocycles. The fraction of sp³-hybridized carbons (Fsp3) is 0. The molecule has 0 amide bonds. The highest BCUT2D eigenvalue weighted by atomic mass is 19.1. The van der Waals surface area contributed by atoms with Crippen LogP contribution in [0.5, 0.6) is 11.5 Å². The van der Waals surface area contributed by atoms with Crippen LogP contribution in [0.3, 0.4) is 0 Å². The highest BCUT2D eigenvalue weighted by molar-refractivity contribution is 5.85. The van der Waals surface area contributed by atoms with Crippen LogP contribution in [-0.2, 0) is 0 Å². The second-order valence-corrected chi connectivity index (χ2v) is 5.51. The number of aromatic hydroxyl groups is 2. The number of hydrogen-bond donors (Lipinski definition) is 2. The van der Waals surface area contributed by atoms with Crippen LogP contribution in [0.15, 0.2) is 66.9 Å². The van der Waals surface area contributed by atoms with E-state index in [1.54, 1.807) is 29.1 Å². The Kier molecular flexibility index (Phi) is 3.20. The smallest absolute Gasteiger partial charge is 0.164 e. The summed E-state index contributed by atoms with van der Waals surface area (Å²) >= 11 is 0. The first kappa shape index (κ1) is 14.3. The lowest BCUT2D eigenvalue weighted by Gasteiger charge is -2.06. The average molecular weight is 320 g/mol. The third kappa shape index (κ3) is 2.36. The highest BCUT2D eigenvalue weighted by Crippen LogP contribution is 2.28. The molecule has 0 aliphatic carbocycles. The Morgan fingerprint density at radius 1 is 0.833 bits per heavy atom. The molecule has 4 nitrogen and oxygen atoms in total. The summed E-state index contributed by atoms with van der Waals surface area (Å²) in [6.45, 7) is 0. The van der Waals surface area contributed by atoms with E-state index >= 15 is 0 Å². The largest absolute Gasteiger partial charge is 0.508 e. The molecule has 0 atom stereocenters. The number of benzene rings is 3. The zero-order valence-electron chi connectivity index (χ0n) is 12.5. The van der Waals surface area contributed by atoms with Gasteiger partial charge in [-0.2, -0.15) is 5.10 Å². The summed E-state index contributed by atoms with van der Waals surface area (Å²) in [5.74, 6) is -0.842. The van der Waals surface area contributed by atoms with Crippen LogP contribution in [-0.4, -0.2) is 20.0 Å². The van der Waals surface area contributed by atoms with Gasteiger partial charge in [0.2, 0.25) is 0 Å². The number of halogens is 1. The summed E-state index contributed by atoms with van der Waals surface area (Å²) < 4.78 is 14.9. The second-order valence-electron chi connectivity index (χ2n) is 5.51. The van der Waals surface area contributed by atoms with Gasteiger partial charge in [0, 0.05) is 11.5 Å². The molecule has 0 radical (unpaired) electrons. The predicted octanol–water partition coefficient (Wildman–Crippen LogP) is 4.24. The van der Waals surface area contributed by atoms with E-state index in [4.69, 9.17) is 0 Å². The minimum absolute atomic E-state index is 0.226. The van der Waals surface area contributed by atoms with Crippen LogP contribution in [0.25, 0.3) is 27.7 Å². The van der Waals surface area contributed by atoms with Gasteiger partial charge < -0.3 is 10.2 Å². The van der Waals surface area contributed by atoms with Gasteiger partial charge in [-0.25, -0.2) is 9.07 Å². The summed E-state index contributed by atoms with van der Waals surface area (Å²) in [7, 11) is 0. The summed E-state index contributed by atoms with van der Waals surface area (Å²) in [6.07, 6.45) is 1.72. The maximum absolute atomic E-state index is 13.2. The van der Waals surface area contributed by atoms with Crippen molar-refractivity contribution in [1.82, 2.24) is 9.78 Å². The Hall–Kier alpha value is -3.34. The highest BCUT2D eigenvalue weighted by Gasteiger charge is 2.09. The molecule has 24 heavy (non-hydrogen) atoms. The molecule has 0 aliphatic rings. The van der Waals surface area contributed by atoms with Gasteiger partial charge in [0.1, 0.15) is 5.75 Å². The van der Waals surface area contributed by atoms with Gasteiger partial charge in [-0.15, -0.1) is 0 Å². The molecule has 0 spiro atoms. The van der Waals surface area contributed by atoms with Crippen LogP contribution in [0.1, 0.15) is 0 Å². The van der Waals surface area contributed by atoms with E-state index < -0.39 is 11.6 Å². The van der Waals surface area contributed by atoms with Crippen molar-refractivity contribution in [3.63, 3.8) is 0 Å². The van der Waals surface area contributed by atoms with Crippen LogP contribution in [0.4, 0.5) is 4.39 Å². The Morgan fingerprint density at radius 2 is 1.58 bits per heavy atom. The van der Waals surface area contributed by atoms with E-state index in [0.29, 0.717) is 5.69 Å². The van der Waals surface area contributed by atoms with Crippen LogP contribution >= 0.6 is 0 Å². The second kappa shape index (κ2) is 5.38. The molecule has 4 rings (SSSR count). The van der Waals surface area contributed by atoms with E-state index in [-0.39, 0.29) is 5.75 Å². The number of phenols is 2. The Labute approximate surface area is 137 Å². The Morgan fingerprint density at radius 3 is 2.33 bits per heavy atom. The van der Waals surface area contributed by atoms with Gasteiger partial charge in [-0.3, -0.25) is 0 Å². The van der Waals surface area contributed by atoms with Gasteiger partial charge in [0.15, 0.2) is 11.6 Å². The zero-order chi connectivity index (χ0) is 16.7. The van der Waals surface area contributed by atoms with E-state index in [1.807, 2.05) is 30.3 Å². The molecule has 118 valence electrons. The Bertz CT molecular complexity index is 1040. The molecule has 5 heteroatoms. The number of hydrogen-bond acceptors (Lipinski definition) is 3. The Balaban J connectivity index is 1.80. The van der Waals surface area contributed by atoms with Gasteiger partial charge in [0.25, 0.3) is 0 Å². The molecule has 0 aliphatic heterocycles. The third-order valence-corrected chi connectivity index (χ3v) is 3.94. The molecular formula is C19H13FN2O2. The zero-order valence-corrected chi connectivity index (χ0v) is 12.5. The lowest BCUT2D eigenvalue weighted by Crippen LogP contribution is -1.96. The lowest BCUT2D eigenvalue weighted by atomic mass is 10.0. The first-order chi connectivity index (χ1) is 11.6. The monoisotopic (exact) mass is 320 g/mol. The fourth-order valence-electron chi connectivity index (χ4n) is 2.70. The quantitative estimate of drug-likeness (QED) is 0.581. The predicted molar refractivity (Wildman–Crippen MR) is 89.8 cm³/mol. The average Bonchev–Trinajstić information content (AvgIpc) is 3.01. The van der Waals surface area contributed by atoms with Crippen molar-refractivity contribution in [2.24, 2.45) is 0 Å². The molecule has 3 aromatic carbocycles. The van der Waals surface area contributed by atoms with Crippen molar-refractivity contribution >= 4 is 10.9 Å². The normalized spacial score (nSPS) is 11.0. The van der Waals surface area contributed by atoms with Crippen LogP contribution in [0, 0.1) is 5.82 Å². The molecule has 0 bridgehead atoms.